The van der Waals surface area contributed by atoms with E-state index in [1.54, 1.807) is 0 Å². The minimum absolute atomic E-state index is 0.131. The van der Waals surface area contributed by atoms with Gasteiger partial charge in [-0.3, -0.25) is 9.69 Å². The van der Waals surface area contributed by atoms with Gasteiger partial charge in [0.2, 0.25) is 0 Å². The second kappa shape index (κ2) is 4.75. The predicted molar refractivity (Wildman–Crippen MR) is 52.8 cm³/mol. The lowest BCUT2D eigenvalue weighted by molar-refractivity contribution is -0.153. The van der Waals surface area contributed by atoms with Crippen molar-refractivity contribution < 1.29 is 14.6 Å². The first-order valence-corrected chi connectivity index (χ1v) is 5.06. The van der Waals surface area contributed by atoms with Crippen molar-refractivity contribution in [3.63, 3.8) is 0 Å². The number of hydrogen-bond acceptors (Lipinski definition) is 4. The lowest BCUT2D eigenvalue weighted by atomic mass is 9.99. The van der Waals surface area contributed by atoms with Gasteiger partial charge in [-0.25, -0.2) is 0 Å². The molecule has 82 valence electrons. The second-order valence-electron chi connectivity index (χ2n) is 4.13. The van der Waals surface area contributed by atoms with E-state index in [2.05, 4.69) is 4.74 Å². The molecule has 0 aromatic rings. The molecule has 1 aliphatic rings. The van der Waals surface area contributed by atoms with E-state index in [9.17, 15) is 9.90 Å². The maximum Gasteiger partial charge on any atom is 0.323 e. The Morgan fingerprint density at radius 3 is 2.64 bits per heavy atom. The lowest BCUT2D eigenvalue weighted by Crippen LogP contribution is -2.55. The number of β-amino-alcohol motifs (C(OH)–C–C–N with tert-alkyl or cyclic N) is 1. The zero-order valence-corrected chi connectivity index (χ0v) is 9.06. The van der Waals surface area contributed by atoms with Gasteiger partial charge in [0, 0.05) is 13.1 Å². The van der Waals surface area contributed by atoms with Gasteiger partial charge in [0.25, 0.3) is 0 Å². The normalized spacial score (nSPS) is 24.5. The molecule has 1 aliphatic heterocycles. The van der Waals surface area contributed by atoms with Crippen LogP contribution in [0.2, 0.25) is 0 Å². The zero-order valence-electron chi connectivity index (χ0n) is 9.06. The van der Waals surface area contributed by atoms with E-state index in [0.717, 1.165) is 13.0 Å². The van der Waals surface area contributed by atoms with Crippen LogP contribution in [0.3, 0.4) is 0 Å². The van der Waals surface area contributed by atoms with Crippen LogP contribution in [-0.2, 0) is 9.53 Å². The SMILES string of the molecule is COC(=O)C1CCN1CC(O)C(C)C. The van der Waals surface area contributed by atoms with Gasteiger partial charge < -0.3 is 9.84 Å². The van der Waals surface area contributed by atoms with E-state index in [1.807, 2.05) is 18.7 Å². The average molecular weight is 201 g/mol. The van der Waals surface area contributed by atoms with Gasteiger partial charge in [0.05, 0.1) is 13.2 Å². The Morgan fingerprint density at radius 2 is 2.29 bits per heavy atom. The van der Waals surface area contributed by atoms with Crippen molar-refractivity contribution in [2.75, 3.05) is 20.2 Å². The molecule has 0 saturated carbocycles. The summed E-state index contributed by atoms with van der Waals surface area (Å²) in [6, 6.07) is -0.131. The molecule has 14 heavy (non-hydrogen) atoms. The molecule has 0 bridgehead atoms. The van der Waals surface area contributed by atoms with Crippen LogP contribution in [0.1, 0.15) is 20.3 Å². The molecule has 0 radical (unpaired) electrons. The Hall–Kier alpha value is -0.610. The molecular formula is C10H19NO3. The monoisotopic (exact) mass is 201 g/mol. The summed E-state index contributed by atoms with van der Waals surface area (Å²) in [6.07, 6.45) is 0.486. The highest BCUT2D eigenvalue weighted by Gasteiger charge is 2.36. The number of esters is 1. The molecule has 0 amide bonds. The highest BCUT2D eigenvalue weighted by Crippen LogP contribution is 2.19. The van der Waals surface area contributed by atoms with Crippen LogP contribution in [0, 0.1) is 5.92 Å². The third-order valence-corrected chi connectivity index (χ3v) is 2.79. The number of methoxy groups -OCH3 is 1. The van der Waals surface area contributed by atoms with Crippen molar-refractivity contribution in [1.82, 2.24) is 4.90 Å². The van der Waals surface area contributed by atoms with Crippen LogP contribution in [0.4, 0.5) is 0 Å². The van der Waals surface area contributed by atoms with E-state index in [1.165, 1.54) is 7.11 Å². The molecule has 4 nitrogen and oxygen atoms in total. The smallest absolute Gasteiger partial charge is 0.323 e. The summed E-state index contributed by atoms with van der Waals surface area (Å²) in [5.41, 5.74) is 0. The number of hydrogen-bond donors (Lipinski definition) is 1. The number of likely N-dealkylation sites (tertiary alicyclic amines) is 1. The maximum absolute atomic E-state index is 11.2. The standard InChI is InChI=1S/C10H19NO3/c1-7(2)9(12)6-11-5-4-8(11)10(13)14-3/h7-9,12H,4-6H2,1-3H3. The molecular weight excluding hydrogens is 182 g/mol. The lowest BCUT2D eigenvalue weighted by Gasteiger charge is -2.40. The fraction of sp³-hybridized carbons (Fsp3) is 0.900. The van der Waals surface area contributed by atoms with Crippen molar-refractivity contribution >= 4 is 5.97 Å². The molecule has 2 atom stereocenters. The number of nitrogens with zero attached hydrogens (tertiary/aromatic N) is 1. The minimum atomic E-state index is -0.359. The molecule has 1 N–H and O–H groups in total. The number of aliphatic hydroxyl groups excluding tert-OH is 1. The molecule has 2 unspecified atom stereocenters. The van der Waals surface area contributed by atoms with Crippen LogP contribution < -0.4 is 0 Å². The molecule has 0 aromatic heterocycles. The van der Waals surface area contributed by atoms with Crippen LogP contribution in [0.25, 0.3) is 0 Å². The summed E-state index contributed by atoms with van der Waals surface area (Å²) in [4.78, 5) is 13.2. The zero-order chi connectivity index (χ0) is 10.7. The van der Waals surface area contributed by atoms with Crippen LogP contribution in [-0.4, -0.2) is 48.3 Å². The Balaban J connectivity index is 2.36. The maximum atomic E-state index is 11.2. The van der Waals surface area contributed by atoms with Crippen molar-refractivity contribution in [2.24, 2.45) is 5.92 Å². The van der Waals surface area contributed by atoms with E-state index >= 15 is 0 Å². The first-order chi connectivity index (χ1) is 6.56. The van der Waals surface area contributed by atoms with Crippen LogP contribution in [0.15, 0.2) is 0 Å². The minimum Gasteiger partial charge on any atom is -0.468 e. The van der Waals surface area contributed by atoms with Crippen molar-refractivity contribution in [3.8, 4) is 0 Å². The number of carbonyl (C=O) groups is 1. The van der Waals surface area contributed by atoms with E-state index < -0.39 is 0 Å². The van der Waals surface area contributed by atoms with Crippen LogP contribution in [0.5, 0.6) is 0 Å². The Kier molecular flexibility index (Phi) is 3.89. The van der Waals surface area contributed by atoms with Crippen molar-refractivity contribution in [2.45, 2.75) is 32.4 Å². The first kappa shape index (κ1) is 11.5. The first-order valence-electron chi connectivity index (χ1n) is 5.06. The summed E-state index contributed by atoms with van der Waals surface area (Å²) in [7, 11) is 1.40. The fourth-order valence-electron chi connectivity index (χ4n) is 1.51. The molecule has 1 fully saturated rings. The molecule has 1 saturated heterocycles. The molecule has 4 heteroatoms. The fourth-order valence-corrected chi connectivity index (χ4v) is 1.51. The van der Waals surface area contributed by atoms with Gasteiger partial charge in [-0.2, -0.15) is 0 Å². The quantitative estimate of drug-likeness (QED) is 0.662. The van der Waals surface area contributed by atoms with Gasteiger partial charge in [-0.1, -0.05) is 13.8 Å². The van der Waals surface area contributed by atoms with Gasteiger partial charge in [0.1, 0.15) is 6.04 Å². The average Bonchev–Trinajstić information content (AvgIpc) is 2.11. The number of rotatable bonds is 4. The highest BCUT2D eigenvalue weighted by atomic mass is 16.5. The summed E-state index contributed by atoms with van der Waals surface area (Å²) < 4.78 is 4.66. The predicted octanol–water partition coefficient (Wildman–Crippen LogP) is 0.251. The molecule has 1 heterocycles. The Bertz CT molecular complexity index is 206. The topological polar surface area (TPSA) is 49.8 Å². The Morgan fingerprint density at radius 1 is 1.64 bits per heavy atom. The summed E-state index contributed by atoms with van der Waals surface area (Å²) in [5, 5.41) is 9.64. The Labute approximate surface area is 84.8 Å². The molecule has 0 aromatic carbocycles. The van der Waals surface area contributed by atoms with Crippen molar-refractivity contribution in [3.05, 3.63) is 0 Å². The third-order valence-electron chi connectivity index (χ3n) is 2.79. The number of carbonyl (C=O) groups excluding carboxylic acids is 1. The van der Waals surface area contributed by atoms with Gasteiger partial charge in [0.15, 0.2) is 0 Å². The van der Waals surface area contributed by atoms with E-state index in [0.29, 0.717) is 6.54 Å². The largest absolute Gasteiger partial charge is 0.468 e. The summed E-state index contributed by atoms with van der Waals surface area (Å²) >= 11 is 0. The number of ether oxygens (including phenoxy) is 1. The second-order valence-corrected chi connectivity index (χ2v) is 4.13. The van der Waals surface area contributed by atoms with Crippen molar-refractivity contribution in [1.29, 1.82) is 0 Å². The molecule has 1 rings (SSSR count). The third kappa shape index (κ3) is 2.45. The molecule has 0 aliphatic carbocycles. The van der Waals surface area contributed by atoms with Crippen LogP contribution >= 0.6 is 0 Å². The highest BCUT2D eigenvalue weighted by molar-refractivity contribution is 5.76. The number of aliphatic hydroxyl groups is 1. The summed E-state index contributed by atoms with van der Waals surface area (Å²) in [6.45, 7) is 5.39. The van der Waals surface area contributed by atoms with E-state index in [4.69, 9.17) is 0 Å². The van der Waals surface area contributed by atoms with E-state index in [-0.39, 0.29) is 24.0 Å². The van der Waals surface area contributed by atoms with Gasteiger partial charge >= 0.3 is 5.97 Å². The van der Waals surface area contributed by atoms with Gasteiger partial charge in [-0.15, -0.1) is 0 Å². The van der Waals surface area contributed by atoms with Gasteiger partial charge in [-0.05, 0) is 12.3 Å². The summed E-state index contributed by atoms with van der Waals surface area (Å²) in [5.74, 6) is 0.0427. The molecule has 0 spiro atoms.